The van der Waals surface area contributed by atoms with Gasteiger partial charge >= 0.3 is 5.97 Å². The minimum Gasteiger partial charge on any atom is -0.463 e. The lowest BCUT2D eigenvalue weighted by Crippen LogP contribution is -2.02. The maximum absolute atomic E-state index is 13.1. The van der Waals surface area contributed by atoms with E-state index >= 15 is 0 Å². The summed E-state index contributed by atoms with van der Waals surface area (Å²) in [6, 6.07) is 13.2. The van der Waals surface area contributed by atoms with Gasteiger partial charge in [0.1, 0.15) is 5.82 Å². The molecule has 0 saturated carbocycles. The van der Waals surface area contributed by atoms with Gasteiger partial charge in [0.15, 0.2) is 0 Å². The highest BCUT2D eigenvalue weighted by molar-refractivity contribution is 5.97. The third-order valence-corrected chi connectivity index (χ3v) is 3.08. The number of ether oxygens (including phenoxy) is 1. The number of rotatable bonds is 4. The molecule has 2 aromatic carbocycles. The van der Waals surface area contributed by atoms with Crippen LogP contribution in [0.3, 0.4) is 0 Å². The predicted octanol–water partition coefficient (Wildman–Crippen LogP) is 3.80. The molecule has 0 aliphatic rings. The van der Waals surface area contributed by atoms with Crippen molar-refractivity contribution in [2.45, 2.75) is 6.92 Å². The van der Waals surface area contributed by atoms with Gasteiger partial charge in [0.2, 0.25) is 0 Å². The molecule has 0 heterocycles. The summed E-state index contributed by atoms with van der Waals surface area (Å²) in [5.41, 5.74) is 2.68. The SMILES string of the molecule is C#Cc1ccccc1C(=CC(=O)OCC)c1ccc(F)cc1. The van der Waals surface area contributed by atoms with Crippen molar-refractivity contribution in [2.24, 2.45) is 0 Å². The van der Waals surface area contributed by atoms with Crippen molar-refractivity contribution in [3.8, 4) is 12.3 Å². The molecule has 3 heteroatoms. The Balaban J connectivity index is 2.58. The molecule has 2 aromatic rings. The van der Waals surface area contributed by atoms with Crippen LogP contribution in [0.2, 0.25) is 0 Å². The fourth-order valence-electron chi connectivity index (χ4n) is 2.09. The van der Waals surface area contributed by atoms with E-state index in [1.165, 1.54) is 18.2 Å². The van der Waals surface area contributed by atoms with Crippen molar-refractivity contribution in [1.82, 2.24) is 0 Å². The van der Waals surface area contributed by atoms with Gasteiger partial charge in [-0.15, -0.1) is 6.42 Å². The van der Waals surface area contributed by atoms with Gasteiger partial charge < -0.3 is 4.74 Å². The van der Waals surface area contributed by atoms with Crippen LogP contribution >= 0.6 is 0 Å². The van der Waals surface area contributed by atoms with Crippen LogP contribution in [0.15, 0.2) is 54.6 Å². The summed E-state index contributed by atoms with van der Waals surface area (Å²) in [6.45, 7) is 2.02. The topological polar surface area (TPSA) is 26.3 Å². The Kier molecular flexibility index (Phi) is 5.11. The fraction of sp³-hybridized carbons (Fsp3) is 0.105. The second kappa shape index (κ2) is 7.24. The van der Waals surface area contributed by atoms with E-state index in [9.17, 15) is 9.18 Å². The number of hydrogen-bond donors (Lipinski definition) is 0. The maximum Gasteiger partial charge on any atom is 0.331 e. The molecule has 0 fully saturated rings. The van der Waals surface area contributed by atoms with Crippen LogP contribution in [0.5, 0.6) is 0 Å². The standard InChI is InChI=1S/C19H15FO2/c1-3-14-7-5-6-8-17(14)18(13-19(21)22-4-2)15-9-11-16(20)12-10-15/h1,5-13H,4H2,2H3. The first-order valence-corrected chi connectivity index (χ1v) is 6.86. The predicted molar refractivity (Wildman–Crippen MR) is 84.5 cm³/mol. The van der Waals surface area contributed by atoms with E-state index in [1.54, 1.807) is 25.1 Å². The van der Waals surface area contributed by atoms with Crippen LogP contribution < -0.4 is 0 Å². The first-order valence-electron chi connectivity index (χ1n) is 6.86. The highest BCUT2D eigenvalue weighted by Gasteiger charge is 2.11. The number of halogens is 1. The van der Waals surface area contributed by atoms with Gasteiger partial charge in [-0.1, -0.05) is 36.3 Å². The molecule has 22 heavy (non-hydrogen) atoms. The number of hydrogen-bond acceptors (Lipinski definition) is 2. The van der Waals surface area contributed by atoms with Gasteiger partial charge in [-0.2, -0.15) is 0 Å². The molecule has 2 nitrogen and oxygen atoms in total. The summed E-state index contributed by atoms with van der Waals surface area (Å²) < 4.78 is 18.1. The second-order valence-corrected chi connectivity index (χ2v) is 4.51. The molecule has 0 aliphatic carbocycles. The lowest BCUT2D eigenvalue weighted by Gasteiger charge is -2.11. The summed E-state index contributed by atoms with van der Waals surface area (Å²) in [6.07, 6.45) is 6.91. The summed E-state index contributed by atoms with van der Waals surface area (Å²) in [7, 11) is 0. The fourth-order valence-corrected chi connectivity index (χ4v) is 2.09. The first-order chi connectivity index (χ1) is 10.7. The van der Waals surface area contributed by atoms with Crippen molar-refractivity contribution < 1.29 is 13.9 Å². The Morgan fingerprint density at radius 3 is 2.55 bits per heavy atom. The lowest BCUT2D eigenvalue weighted by atomic mass is 9.93. The maximum atomic E-state index is 13.1. The Labute approximate surface area is 129 Å². The monoisotopic (exact) mass is 294 g/mol. The molecule has 0 N–H and O–H groups in total. The van der Waals surface area contributed by atoms with E-state index in [0.717, 1.165) is 5.56 Å². The van der Waals surface area contributed by atoms with Crippen molar-refractivity contribution in [1.29, 1.82) is 0 Å². The van der Waals surface area contributed by atoms with Crippen LogP contribution in [-0.2, 0) is 9.53 Å². The van der Waals surface area contributed by atoms with Gasteiger partial charge in [0.25, 0.3) is 0 Å². The summed E-state index contributed by atoms with van der Waals surface area (Å²) in [5, 5.41) is 0. The summed E-state index contributed by atoms with van der Waals surface area (Å²) in [4.78, 5) is 11.8. The van der Waals surface area contributed by atoms with E-state index in [4.69, 9.17) is 11.2 Å². The van der Waals surface area contributed by atoms with Gasteiger partial charge in [-0.25, -0.2) is 9.18 Å². The number of carbonyl (C=O) groups is 1. The minimum atomic E-state index is -0.464. The molecule has 0 saturated heterocycles. The zero-order valence-corrected chi connectivity index (χ0v) is 12.2. The Hall–Kier alpha value is -2.86. The molecule has 0 unspecified atom stereocenters. The summed E-state index contributed by atoms with van der Waals surface area (Å²) >= 11 is 0. The van der Waals surface area contributed by atoms with E-state index < -0.39 is 5.97 Å². The molecule has 0 amide bonds. The average Bonchev–Trinajstić information content (AvgIpc) is 2.54. The van der Waals surface area contributed by atoms with E-state index in [0.29, 0.717) is 16.7 Å². The van der Waals surface area contributed by atoms with Crippen LogP contribution in [0, 0.1) is 18.2 Å². The van der Waals surface area contributed by atoms with Crippen molar-refractivity contribution >= 4 is 11.5 Å². The lowest BCUT2D eigenvalue weighted by molar-refractivity contribution is -0.137. The number of terminal acetylenes is 1. The van der Waals surface area contributed by atoms with Crippen LogP contribution in [0.1, 0.15) is 23.6 Å². The van der Waals surface area contributed by atoms with Crippen molar-refractivity contribution in [3.05, 3.63) is 77.1 Å². The molecule has 0 aliphatic heterocycles. The van der Waals surface area contributed by atoms with E-state index in [1.807, 2.05) is 18.2 Å². The van der Waals surface area contributed by atoms with Crippen molar-refractivity contribution in [3.63, 3.8) is 0 Å². The van der Waals surface area contributed by atoms with E-state index in [2.05, 4.69) is 5.92 Å². The van der Waals surface area contributed by atoms with Crippen LogP contribution in [-0.4, -0.2) is 12.6 Å². The number of esters is 1. The highest BCUT2D eigenvalue weighted by atomic mass is 19.1. The second-order valence-electron chi connectivity index (χ2n) is 4.51. The molecule has 0 radical (unpaired) electrons. The quantitative estimate of drug-likeness (QED) is 0.487. The van der Waals surface area contributed by atoms with Crippen LogP contribution in [0.25, 0.3) is 5.57 Å². The van der Waals surface area contributed by atoms with Gasteiger partial charge in [0, 0.05) is 11.6 Å². The number of benzene rings is 2. The zero-order valence-electron chi connectivity index (χ0n) is 12.2. The highest BCUT2D eigenvalue weighted by Crippen LogP contribution is 2.26. The average molecular weight is 294 g/mol. The largest absolute Gasteiger partial charge is 0.463 e. The Morgan fingerprint density at radius 2 is 1.91 bits per heavy atom. The third kappa shape index (κ3) is 3.62. The molecule has 0 atom stereocenters. The smallest absolute Gasteiger partial charge is 0.331 e. The molecule has 2 rings (SSSR count). The molecule has 0 aromatic heterocycles. The molecular formula is C19H15FO2. The first kappa shape index (κ1) is 15.5. The van der Waals surface area contributed by atoms with E-state index in [-0.39, 0.29) is 12.4 Å². The number of carbonyl (C=O) groups excluding carboxylic acids is 1. The molecular weight excluding hydrogens is 279 g/mol. The van der Waals surface area contributed by atoms with Gasteiger partial charge in [-0.05, 0) is 41.8 Å². The summed E-state index contributed by atoms with van der Waals surface area (Å²) in [5.74, 6) is 1.79. The molecule has 110 valence electrons. The Bertz CT molecular complexity index is 737. The minimum absolute atomic E-state index is 0.281. The molecule has 0 bridgehead atoms. The van der Waals surface area contributed by atoms with Crippen LogP contribution in [0.4, 0.5) is 4.39 Å². The third-order valence-electron chi connectivity index (χ3n) is 3.08. The van der Waals surface area contributed by atoms with Gasteiger partial charge in [0.05, 0.1) is 6.61 Å². The van der Waals surface area contributed by atoms with Gasteiger partial charge in [-0.3, -0.25) is 0 Å². The molecule has 0 spiro atoms. The Morgan fingerprint density at radius 1 is 1.23 bits per heavy atom. The normalized spacial score (nSPS) is 10.9. The zero-order chi connectivity index (χ0) is 15.9. The van der Waals surface area contributed by atoms with Crippen molar-refractivity contribution in [2.75, 3.05) is 6.61 Å².